The average Bonchev–Trinajstić information content (AvgIpc) is 2.65. The predicted molar refractivity (Wildman–Crippen MR) is 121 cm³/mol. The van der Waals surface area contributed by atoms with Crippen LogP contribution in [0, 0.1) is 0 Å². The maximum Gasteiger partial charge on any atom is 0.469 e. The second kappa shape index (κ2) is 20.7. The van der Waals surface area contributed by atoms with E-state index in [-0.39, 0.29) is 12.7 Å². The third-order valence-corrected chi connectivity index (χ3v) is 6.45. The Bertz CT molecular complexity index is 365. The number of thioether (sulfide) groups is 1. The molecule has 0 aliphatic carbocycles. The van der Waals surface area contributed by atoms with E-state index in [9.17, 15) is 4.57 Å². The number of phosphoric ester groups is 1. The minimum absolute atomic E-state index is 0.0517. The first-order chi connectivity index (χ1) is 13.5. The second-order valence-corrected chi connectivity index (χ2v) is 9.92. The third-order valence-electron chi connectivity index (χ3n) is 4.78. The molecule has 0 radical (unpaired) electrons. The first-order valence-corrected chi connectivity index (χ1v) is 14.1. The van der Waals surface area contributed by atoms with Crippen molar-refractivity contribution in [1.29, 1.82) is 0 Å². The summed E-state index contributed by atoms with van der Waals surface area (Å²) in [6.45, 7) is 4.62. The molecule has 0 fully saturated rings. The van der Waals surface area contributed by atoms with E-state index in [1.807, 2.05) is 6.92 Å². The number of hydrogen-bond acceptors (Lipinski definition) is 4. The van der Waals surface area contributed by atoms with Crippen molar-refractivity contribution >= 4 is 19.6 Å². The Hall–Kier alpha value is 0.420. The molecule has 7 heteroatoms. The van der Waals surface area contributed by atoms with Crippen molar-refractivity contribution in [3.63, 3.8) is 0 Å². The molecule has 0 aliphatic heterocycles. The smallest absolute Gasteiger partial charge is 0.375 e. The lowest BCUT2D eigenvalue weighted by molar-refractivity contribution is 0.0332. The van der Waals surface area contributed by atoms with Crippen LogP contribution in [0.25, 0.3) is 0 Å². The summed E-state index contributed by atoms with van der Waals surface area (Å²) in [7, 11) is -4.41. The molecule has 170 valence electrons. The summed E-state index contributed by atoms with van der Waals surface area (Å²) < 4.78 is 20.8. The summed E-state index contributed by atoms with van der Waals surface area (Å²) >= 11 is 1.78. The average molecular weight is 441 g/mol. The number of unbranched alkanes of at least 4 members (excludes halogenated alkanes) is 13. The van der Waals surface area contributed by atoms with Crippen LogP contribution < -0.4 is 0 Å². The van der Waals surface area contributed by atoms with E-state index < -0.39 is 7.82 Å². The van der Waals surface area contributed by atoms with Gasteiger partial charge >= 0.3 is 7.82 Å². The highest BCUT2D eigenvalue weighted by Gasteiger charge is 2.18. The quantitative estimate of drug-likeness (QED) is 0.144. The van der Waals surface area contributed by atoms with Crippen molar-refractivity contribution in [3.05, 3.63) is 0 Å². The van der Waals surface area contributed by atoms with Gasteiger partial charge in [0.15, 0.2) is 0 Å². The van der Waals surface area contributed by atoms with Crippen molar-refractivity contribution in [2.75, 3.05) is 24.7 Å². The molecule has 1 unspecified atom stereocenters. The van der Waals surface area contributed by atoms with Crippen molar-refractivity contribution in [3.8, 4) is 0 Å². The number of ether oxygens (including phenoxy) is 1. The Morgan fingerprint density at radius 1 is 0.786 bits per heavy atom. The van der Waals surface area contributed by atoms with E-state index in [0.717, 1.165) is 5.75 Å². The highest BCUT2D eigenvalue weighted by molar-refractivity contribution is 7.99. The van der Waals surface area contributed by atoms with Crippen LogP contribution >= 0.6 is 19.6 Å². The van der Waals surface area contributed by atoms with Crippen molar-refractivity contribution < 1.29 is 23.6 Å². The van der Waals surface area contributed by atoms with E-state index in [1.54, 1.807) is 11.8 Å². The molecule has 0 bridgehead atoms. The normalized spacial score (nSPS) is 13.1. The largest absolute Gasteiger partial charge is 0.469 e. The fraction of sp³-hybridized carbons (Fsp3) is 1.00. The van der Waals surface area contributed by atoms with Gasteiger partial charge in [0.1, 0.15) is 0 Å². The minimum Gasteiger partial charge on any atom is -0.375 e. The Morgan fingerprint density at radius 3 is 1.68 bits per heavy atom. The maximum atomic E-state index is 10.8. The Kier molecular flexibility index (Phi) is 21.0. The van der Waals surface area contributed by atoms with Crippen LogP contribution in [0.15, 0.2) is 0 Å². The predicted octanol–water partition coefficient (Wildman–Crippen LogP) is 6.72. The van der Waals surface area contributed by atoms with Crippen LogP contribution in [0.1, 0.15) is 104 Å². The lowest BCUT2D eigenvalue weighted by Crippen LogP contribution is -2.22. The summed E-state index contributed by atoms with van der Waals surface area (Å²) in [6.07, 6.45) is 18.9. The number of phosphoric acid groups is 1. The molecule has 0 rings (SSSR count). The van der Waals surface area contributed by atoms with E-state index in [4.69, 9.17) is 14.5 Å². The zero-order chi connectivity index (χ0) is 20.9. The molecule has 0 amide bonds. The lowest BCUT2D eigenvalue weighted by atomic mass is 10.0. The molecule has 2 N–H and O–H groups in total. The molecule has 0 aromatic carbocycles. The highest BCUT2D eigenvalue weighted by atomic mass is 32.2. The molecule has 0 saturated carbocycles. The zero-order valence-electron chi connectivity index (χ0n) is 18.3. The van der Waals surface area contributed by atoms with Gasteiger partial charge in [-0.15, -0.1) is 0 Å². The van der Waals surface area contributed by atoms with Gasteiger partial charge in [-0.05, 0) is 19.1 Å². The van der Waals surface area contributed by atoms with E-state index in [1.165, 1.54) is 89.9 Å². The van der Waals surface area contributed by atoms with E-state index in [2.05, 4.69) is 11.4 Å². The minimum atomic E-state index is -4.41. The van der Waals surface area contributed by atoms with Gasteiger partial charge in [-0.1, -0.05) is 90.4 Å². The first kappa shape index (κ1) is 28.4. The van der Waals surface area contributed by atoms with Crippen LogP contribution in [-0.2, 0) is 13.8 Å². The van der Waals surface area contributed by atoms with Gasteiger partial charge in [-0.3, -0.25) is 4.52 Å². The summed E-state index contributed by atoms with van der Waals surface area (Å²) in [6, 6.07) is 0. The molecular weight excluding hydrogens is 395 g/mol. The summed E-state index contributed by atoms with van der Waals surface area (Å²) in [5, 5.41) is 0. The fourth-order valence-corrected chi connectivity index (χ4v) is 4.56. The molecule has 0 aromatic rings. The molecule has 0 spiro atoms. The van der Waals surface area contributed by atoms with Crippen LogP contribution in [-0.4, -0.2) is 40.6 Å². The van der Waals surface area contributed by atoms with Gasteiger partial charge in [0.25, 0.3) is 0 Å². The van der Waals surface area contributed by atoms with Gasteiger partial charge in [-0.25, -0.2) is 4.57 Å². The van der Waals surface area contributed by atoms with Crippen molar-refractivity contribution in [1.82, 2.24) is 0 Å². The Balaban J connectivity index is 3.34. The van der Waals surface area contributed by atoms with Crippen LogP contribution in [0.5, 0.6) is 0 Å². The molecule has 0 aliphatic rings. The van der Waals surface area contributed by atoms with Gasteiger partial charge in [0.2, 0.25) is 0 Å². The Labute approximate surface area is 178 Å². The molecule has 0 saturated heterocycles. The first-order valence-electron chi connectivity index (χ1n) is 11.4. The standard InChI is InChI=1S/C21H45O5PS/c1-3-5-6-7-8-9-10-11-12-13-14-15-16-17-18-28-20-21(25-4-2)19-26-27(22,23)24/h21H,3-20H2,1-2H3,(H2,22,23,24). The monoisotopic (exact) mass is 440 g/mol. The molecule has 0 heterocycles. The molecule has 28 heavy (non-hydrogen) atoms. The van der Waals surface area contributed by atoms with Gasteiger partial charge in [-0.2, -0.15) is 11.8 Å². The van der Waals surface area contributed by atoms with E-state index in [0.29, 0.717) is 12.4 Å². The van der Waals surface area contributed by atoms with Crippen molar-refractivity contribution in [2.24, 2.45) is 0 Å². The van der Waals surface area contributed by atoms with Crippen LogP contribution in [0.2, 0.25) is 0 Å². The van der Waals surface area contributed by atoms with E-state index >= 15 is 0 Å². The third kappa shape index (κ3) is 22.7. The highest BCUT2D eigenvalue weighted by Crippen LogP contribution is 2.36. The van der Waals surface area contributed by atoms with Crippen LogP contribution in [0.4, 0.5) is 0 Å². The van der Waals surface area contributed by atoms with Crippen molar-refractivity contribution in [2.45, 2.75) is 110 Å². The zero-order valence-corrected chi connectivity index (χ0v) is 20.0. The second-order valence-electron chi connectivity index (χ2n) is 7.53. The van der Waals surface area contributed by atoms with Crippen LogP contribution in [0.3, 0.4) is 0 Å². The lowest BCUT2D eigenvalue weighted by Gasteiger charge is -2.17. The SMILES string of the molecule is CCCCCCCCCCCCCCCCSCC(COP(=O)(O)O)OCC. The van der Waals surface area contributed by atoms with Gasteiger partial charge in [0, 0.05) is 12.4 Å². The van der Waals surface area contributed by atoms with Gasteiger partial charge in [0.05, 0.1) is 12.7 Å². The molecule has 1 atom stereocenters. The number of rotatable bonds is 22. The summed E-state index contributed by atoms with van der Waals surface area (Å²) in [4.78, 5) is 17.5. The molecular formula is C21H45O5PS. The fourth-order valence-electron chi connectivity index (χ4n) is 3.17. The van der Waals surface area contributed by atoms with Gasteiger partial charge < -0.3 is 14.5 Å². The summed E-state index contributed by atoms with van der Waals surface area (Å²) in [5.41, 5.74) is 0. The molecule has 0 aromatic heterocycles. The summed E-state index contributed by atoms with van der Waals surface area (Å²) in [5.74, 6) is 1.78. The molecule has 5 nitrogen and oxygen atoms in total. The topological polar surface area (TPSA) is 76.0 Å². The maximum absolute atomic E-state index is 10.8. The Morgan fingerprint density at radius 2 is 1.25 bits per heavy atom. The number of hydrogen-bond donors (Lipinski definition) is 2.